The van der Waals surface area contributed by atoms with E-state index in [1.807, 2.05) is 0 Å². The molecule has 6 aromatic rings. The smallest absolute Gasteiger partial charge is 0.0747 e. The quantitative estimate of drug-likeness (QED) is 0.241. The van der Waals surface area contributed by atoms with Gasteiger partial charge in [0.2, 0.25) is 0 Å². The van der Waals surface area contributed by atoms with E-state index in [9.17, 15) is 0 Å². The van der Waals surface area contributed by atoms with Crippen molar-refractivity contribution >= 4 is 32.4 Å². The molecule has 1 fully saturated rings. The van der Waals surface area contributed by atoms with Crippen LogP contribution in [-0.2, 0) is 0 Å². The third-order valence-corrected chi connectivity index (χ3v) is 8.44. The lowest BCUT2D eigenvalue weighted by atomic mass is 9.85. The first-order chi connectivity index (χ1) is 17.3. The molecule has 2 bridgehead atoms. The molecule has 0 spiro atoms. The molecule has 2 unspecified atom stereocenters. The van der Waals surface area contributed by atoms with Crippen molar-refractivity contribution in [2.75, 3.05) is 0 Å². The number of rotatable bonds is 2. The van der Waals surface area contributed by atoms with Gasteiger partial charge in [0.15, 0.2) is 0 Å². The Morgan fingerprint density at radius 2 is 1.20 bits per heavy atom. The lowest BCUT2D eigenvalue weighted by molar-refractivity contribution is 0.720. The van der Waals surface area contributed by atoms with Gasteiger partial charge in [0.1, 0.15) is 0 Å². The molecule has 1 saturated carbocycles. The van der Waals surface area contributed by atoms with E-state index in [2.05, 4.69) is 103 Å². The summed E-state index contributed by atoms with van der Waals surface area (Å²) in [6.45, 7) is 0. The molecule has 2 aliphatic rings. The molecule has 0 saturated heterocycles. The molecule has 1 aromatic heterocycles. The van der Waals surface area contributed by atoms with Crippen LogP contribution in [0.25, 0.3) is 54.8 Å². The maximum atomic E-state index is 5.36. The van der Waals surface area contributed by atoms with Gasteiger partial charge in [-0.3, -0.25) is 0 Å². The van der Waals surface area contributed by atoms with Gasteiger partial charge in [0.05, 0.1) is 11.2 Å². The highest BCUT2D eigenvalue weighted by Crippen LogP contribution is 2.57. The fourth-order valence-corrected chi connectivity index (χ4v) is 6.84. The molecule has 2 atom stereocenters. The number of fused-ring (bicyclic) bond motifs is 10. The minimum Gasteiger partial charge on any atom is -0.247 e. The summed E-state index contributed by atoms with van der Waals surface area (Å²) in [6, 6.07) is 37.7. The third-order valence-electron chi connectivity index (χ3n) is 8.44. The van der Waals surface area contributed by atoms with Crippen LogP contribution in [-0.4, -0.2) is 4.98 Å². The SMILES string of the molecule is c1ccc(-c2ccc3nc(-c4ccc5ccc6ccccc6c5c4)c4c(c3c2)C2CCC4C2)cc1. The zero-order valence-corrected chi connectivity index (χ0v) is 19.5. The average Bonchev–Trinajstić information content (AvgIpc) is 3.56. The van der Waals surface area contributed by atoms with Crippen molar-refractivity contribution in [2.45, 2.75) is 31.1 Å². The van der Waals surface area contributed by atoms with E-state index in [0.29, 0.717) is 11.8 Å². The number of nitrogens with zero attached hydrogens (tertiary/aromatic N) is 1. The predicted octanol–water partition coefficient (Wildman–Crippen LogP) is 9.24. The largest absolute Gasteiger partial charge is 0.247 e. The normalized spacial score (nSPS) is 18.5. The molecule has 1 nitrogen and oxygen atoms in total. The second kappa shape index (κ2) is 7.26. The van der Waals surface area contributed by atoms with Crippen LogP contribution in [0.1, 0.15) is 42.2 Å². The van der Waals surface area contributed by atoms with Crippen LogP contribution in [0.5, 0.6) is 0 Å². The minimum atomic E-state index is 0.644. The Kier molecular flexibility index (Phi) is 4.01. The summed E-state index contributed by atoms with van der Waals surface area (Å²) in [4.78, 5) is 5.36. The van der Waals surface area contributed by atoms with Crippen molar-refractivity contribution < 1.29 is 0 Å². The Balaban J connectivity index is 1.39. The number of benzene rings is 5. The van der Waals surface area contributed by atoms with E-state index in [4.69, 9.17) is 4.98 Å². The molecule has 0 radical (unpaired) electrons. The van der Waals surface area contributed by atoms with Crippen LogP contribution in [0.3, 0.4) is 0 Å². The van der Waals surface area contributed by atoms with Crippen molar-refractivity contribution in [1.82, 2.24) is 4.98 Å². The van der Waals surface area contributed by atoms with Gasteiger partial charge in [-0.1, -0.05) is 84.9 Å². The van der Waals surface area contributed by atoms with Crippen LogP contribution in [0.4, 0.5) is 0 Å². The standard InChI is InChI=1S/C34H25N/c1-2-6-21(7-3-1)24-16-17-31-30(19-24)32-25-13-14-26(18-25)33(32)34(35-31)27-15-12-23-11-10-22-8-4-5-9-28(22)29(23)20-27/h1-12,15-17,19-20,25-26H,13-14,18H2. The summed E-state index contributed by atoms with van der Waals surface area (Å²) >= 11 is 0. The molecule has 0 amide bonds. The molecular formula is C34H25N. The number of aromatic nitrogens is 1. The Bertz CT molecular complexity index is 1780. The highest BCUT2D eigenvalue weighted by atomic mass is 14.7. The Morgan fingerprint density at radius 3 is 2.09 bits per heavy atom. The van der Waals surface area contributed by atoms with E-state index in [-0.39, 0.29) is 0 Å². The van der Waals surface area contributed by atoms with E-state index < -0.39 is 0 Å². The number of hydrogen-bond acceptors (Lipinski definition) is 1. The molecule has 1 heterocycles. The van der Waals surface area contributed by atoms with Crippen LogP contribution >= 0.6 is 0 Å². The summed E-state index contributed by atoms with van der Waals surface area (Å²) < 4.78 is 0. The molecule has 1 heteroatoms. The Hall–Kier alpha value is -3.97. The van der Waals surface area contributed by atoms with E-state index in [1.165, 1.54) is 74.1 Å². The van der Waals surface area contributed by atoms with Gasteiger partial charge in [-0.25, -0.2) is 4.98 Å². The maximum absolute atomic E-state index is 5.36. The zero-order chi connectivity index (χ0) is 22.9. The zero-order valence-electron chi connectivity index (χ0n) is 19.5. The number of pyridine rings is 1. The highest BCUT2D eigenvalue weighted by molar-refractivity contribution is 6.09. The van der Waals surface area contributed by atoms with Gasteiger partial charge in [0, 0.05) is 10.9 Å². The first-order valence-corrected chi connectivity index (χ1v) is 12.8. The first kappa shape index (κ1) is 19.3. The molecule has 166 valence electrons. The van der Waals surface area contributed by atoms with Crippen LogP contribution < -0.4 is 0 Å². The van der Waals surface area contributed by atoms with Crippen molar-refractivity contribution in [1.29, 1.82) is 0 Å². The predicted molar refractivity (Wildman–Crippen MR) is 147 cm³/mol. The first-order valence-electron chi connectivity index (χ1n) is 12.8. The van der Waals surface area contributed by atoms with Crippen LogP contribution in [0, 0.1) is 0 Å². The third kappa shape index (κ3) is 2.85. The highest BCUT2D eigenvalue weighted by Gasteiger charge is 2.40. The molecule has 0 aliphatic heterocycles. The van der Waals surface area contributed by atoms with E-state index in [0.717, 1.165) is 5.52 Å². The molecule has 35 heavy (non-hydrogen) atoms. The average molecular weight is 448 g/mol. The fourth-order valence-electron chi connectivity index (χ4n) is 6.84. The Morgan fingerprint density at radius 1 is 0.514 bits per heavy atom. The summed E-state index contributed by atoms with van der Waals surface area (Å²) in [5.41, 5.74) is 9.26. The number of hydrogen-bond donors (Lipinski definition) is 0. The fraction of sp³-hybridized carbons (Fsp3) is 0.147. The van der Waals surface area contributed by atoms with Gasteiger partial charge in [0.25, 0.3) is 0 Å². The monoisotopic (exact) mass is 447 g/mol. The van der Waals surface area contributed by atoms with Crippen LogP contribution in [0.2, 0.25) is 0 Å². The second-order valence-corrected chi connectivity index (χ2v) is 10.3. The van der Waals surface area contributed by atoms with E-state index in [1.54, 1.807) is 5.56 Å². The minimum absolute atomic E-state index is 0.644. The van der Waals surface area contributed by atoms with Crippen molar-refractivity contribution in [3.63, 3.8) is 0 Å². The summed E-state index contributed by atoms with van der Waals surface area (Å²) in [6.07, 6.45) is 3.90. The molecular weight excluding hydrogens is 422 g/mol. The van der Waals surface area contributed by atoms with E-state index >= 15 is 0 Å². The lowest BCUT2D eigenvalue weighted by Crippen LogP contribution is -2.04. The maximum Gasteiger partial charge on any atom is 0.0747 e. The molecule has 0 N–H and O–H groups in total. The van der Waals surface area contributed by atoms with Crippen molar-refractivity contribution in [3.8, 4) is 22.4 Å². The lowest BCUT2D eigenvalue weighted by Gasteiger charge is -2.22. The van der Waals surface area contributed by atoms with Gasteiger partial charge >= 0.3 is 0 Å². The van der Waals surface area contributed by atoms with Crippen molar-refractivity contribution in [2.24, 2.45) is 0 Å². The summed E-state index contributed by atoms with van der Waals surface area (Å²) in [5, 5.41) is 6.58. The van der Waals surface area contributed by atoms with Gasteiger partial charge in [-0.05, 0) is 93.1 Å². The summed E-state index contributed by atoms with van der Waals surface area (Å²) in [7, 11) is 0. The second-order valence-electron chi connectivity index (χ2n) is 10.3. The summed E-state index contributed by atoms with van der Waals surface area (Å²) in [5.74, 6) is 1.32. The van der Waals surface area contributed by atoms with Gasteiger partial charge in [-0.15, -0.1) is 0 Å². The topological polar surface area (TPSA) is 12.9 Å². The van der Waals surface area contributed by atoms with Crippen molar-refractivity contribution in [3.05, 3.63) is 114 Å². The molecule has 5 aromatic carbocycles. The molecule has 8 rings (SSSR count). The van der Waals surface area contributed by atoms with Gasteiger partial charge < -0.3 is 0 Å². The molecule has 2 aliphatic carbocycles. The Labute approximate surface area is 205 Å². The van der Waals surface area contributed by atoms with Crippen LogP contribution in [0.15, 0.2) is 103 Å². The van der Waals surface area contributed by atoms with Gasteiger partial charge in [-0.2, -0.15) is 0 Å².